The van der Waals surface area contributed by atoms with Crippen LogP contribution in [0.2, 0.25) is 0 Å². The second-order valence-electron chi connectivity index (χ2n) is 4.85. The van der Waals surface area contributed by atoms with Gasteiger partial charge in [-0.05, 0) is 25.0 Å². The Kier molecular flexibility index (Phi) is 10.1. The molecule has 0 radical (unpaired) electrons. The lowest BCUT2D eigenvalue weighted by Crippen LogP contribution is -2.15. The van der Waals surface area contributed by atoms with Crippen LogP contribution in [0.25, 0.3) is 10.9 Å². The van der Waals surface area contributed by atoms with Gasteiger partial charge < -0.3 is 10.1 Å². The standard InChI is InChI=1S/C15H23N3O.C2H6.CH4/c1-4-6-11(7-5-2)19-12-8-9-13-14(10-12)17-18-15(13)16-3;1-2;/h8-11H,4-7H2,1-3H3,(H2,16,17,18);1-2H3;1H4. The normalized spacial score (nSPS) is 9.91. The molecule has 1 heterocycles. The van der Waals surface area contributed by atoms with Gasteiger partial charge in [-0.1, -0.05) is 48.0 Å². The molecular weight excluding hydrogens is 274 g/mol. The Labute approximate surface area is 135 Å². The first-order chi connectivity index (χ1) is 10.3. The molecule has 1 aromatic carbocycles. The summed E-state index contributed by atoms with van der Waals surface area (Å²) in [6.45, 7) is 8.40. The smallest absolute Gasteiger partial charge is 0.155 e. The molecule has 2 rings (SSSR count). The maximum Gasteiger partial charge on any atom is 0.155 e. The molecule has 0 amide bonds. The molecule has 0 spiro atoms. The molecule has 1 aromatic heterocycles. The van der Waals surface area contributed by atoms with E-state index in [4.69, 9.17) is 4.74 Å². The van der Waals surface area contributed by atoms with Gasteiger partial charge in [-0.25, -0.2) is 0 Å². The Bertz CT molecular complexity index is 516. The predicted molar refractivity (Wildman–Crippen MR) is 98.0 cm³/mol. The fraction of sp³-hybridized carbons (Fsp3) is 0.611. The van der Waals surface area contributed by atoms with E-state index in [1.54, 1.807) is 0 Å². The average molecular weight is 307 g/mol. The number of anilines is 1. The first-order valence-electron chi connectivity index (χ1n) is 8.11. The Hall–Kier alpha value is -1.71. The Morgan fingerprint density at radius 1 is 1.18 bits per heavy atom. The van der Waals surface area contributed by atoms with Crippen LogP contribution in [0.3, 0.4) is 0 Å². The number of H-pyrrole nitrogens is 1. The van der Waals surface area contributed by atoms with E-state index in [1.807, 2.05) is 33.0 Å². The van der Waals surface area contributed by atoms with Gasteiger partial charge >= 0.3 is 0 Å². The molecule has 0 aliphatic heterocycles. The highest BCUT2D eigenvalue weighted by Gasteiger charge is 2.10. The number of nitrogens with one attached hydrogen (secondary N) is 2. The SMILES string of the molecule is C.CC.CCCC(CCC)Oc1ccc2c(NC)n[nH]c2c1. The third-order valence-electron chi connectivity index (χ3n) is 3.30. The van der Waals surface area contributed by atoms with Crippen LogP contribution < -0.4 is 10.1 Å². The highest BCUT2D eigenvalue weighted by Crippen LogP contribution is 2.26. The van der Waals surface area contributed by atoms with Crippen LogP contribution in [-0.4, -0.2) is 23.3 Å². The van der Waals surface area contributed by atoms with E-state index in [-0.39, 0.29) is 7.43 Å². The molecule has 4 heteroatoms. The lowest BCUT2D eigenvalue weighted by atomic mass is 10.1. The lowest BCUT2D eigenvalue weighted by Gasteiger charge is -2.17. The van der Waals surface area contributed by atoms with Gasteiger partial charge in [0.05, 0.1) is 11.6 Å². The summed E-state index contributed by atoms with van der Waals surface area (Å²) < 4.78 is 6.08. The summed E-state index contributed by atoms with van der Waals surface area (Å²) in [7, 11) is 1.87. The molecule has 2 N–H and O–H groups in total. The van der Waals surface area contributed by atoms with Crippen LogP contribution in [0.1, 0.15) is 60.8 Å². The van der Waals surface area contributed by atoms with Crippen molar-refractivity contribution in [1.82, 2.24) is 10.2 Å². The van der Waals surface area contributed by atoms with Crippen molar-refractivity contribution in [2.75, 3.05) is 12.4 Å². The van der Waals surface area contributed by atoms with Gasteiger partial charge in [-0.15, -0.1) is 0 Å². The quantitative estimate of drug-likeness (QED) is 0.698. The van der Waals surface area contributed by atoms with E-state index in [9.17, 15) is 0 Å². The summed E-state index contributed by atoms with van der Waals surface area (Å²) in [6.07, 6.45) is 4.84. The highest BCUT2D eigenvalue weighted by molar-refractivity contribution is 5.90. The molecule has 0 bridgehead atoms. The van der Waals surface area contributed by atoms with Crippen molar-refractivity contribution in [3.63, 3.8) is 0 Å². The molecule has 2 aromatic rings. The number of aromatic amines is 1. The summed E-state index contributed by atoms with van der Waals surface area (Å²) in [6, 6.07) is 6.10. The largest absolute Gasteiger partial charge is 0.490 e. The second kappa shape index (κ2) is 10.9. The molecule has 22 heavy (non-hydrogen) atoms. The van der Waals surface area contributed by atoms with Gasteiger partial charge in [0.2, 0.25) is 0 Å². The molecule has 4 nitrogen and oxygen atoms in total. The summed E-state index contributed by atoms with van der Waals surface area (Å²) in [5.41, 5.74) is 1.01. The zero-order chi connectivity index (χ0) is 15.7. The van der Waals surface area contributed by atoms with Crippen molar-refractivity contribution in [3.8, 4) is 5.75 Å². The van der Waals surface area contributed by atoms with Crippen molar-refractivity contribution < 1.29 is 4.74 Å². The maximum absolute atomic E-state index is 6.08. The van der Waals surface area contributed by atoms with Crippen LogP contribution in [-0.2, 0) is 0 Å². The number of rotatable bonds is 7. The van der Waals surface area contributed by atoms with E-state index in [0.717, 1.165) is 48.2 Å². The minimum atomic E-state index is 0. The Balaban J connectivity index is 0.00000141. The average Bonchev–Trinajstić information content (AvgIpc) is 2.92. The number of benzene rings is 1. The molecule has 0 fully saturated rings. The summed E-state index contributed by atoms with van der Waals surface area (Å²) in [4.78, 5) is 0. The van der Waals surface area contributed by atoms with Gasteiger partial charge in [0.1, 0.15) is 5.75 Å². The number of ether oxygens (including phenoxy) is 1. The van der Waals surface area contributed by atoms with Crippen molar-refractivity contribution in [2.45, 2.75) is 66.9 Å². The summed E-state index contributed by atoms with van der Waals surface area (Å²) in [5, 5.41) is 11.4. The topological polar surface area (TPSA) is 49.9 Å². The van der Waals surface area contributed by atoms with Crippen LogP contribution >= 0.6 is 0 Å². The van der Waals surface area contributed by atoms with Gasteiger partial charge in [0.15, 0.2) is 5.82 Å². The van der Waals surface area contributed by atoms with Crippen molar-refractivity contribution in [1.29, 1.82) is 0 Å². The lowest BCUT2D eigenvalue weighted by molar-refractivity contribution is 0.179. The van der Waals surface area contributed by atoms with Crippen molar-refractivity contribution >= 4 is 16.7 Å². The second-order valence-corrected chi connectivity index (χ2v) is 4.85. The molecule has 0 unspecified atom stereocenters. The number of hydrogen-bond acceptors (Lipinski definition) is 3. The van der Waals surface area contributed by atoms with Crippen LogP contribution in [0.15, 0.2) is 18.2 Å². The first-order valence-corrected chi connectivity index (χ1v) is 8.11. The fourth-order valence-corrected chi connectivity index (χ4v) is 2.36. The molecule has 0 aliphatic rings. The van der Waals surface area contributed by atoms with Crippen LogP contribution in [0.4, 0.5) is 5.82 Å². The van der Waals surface area contributed by atoms with Gasteiger partial charge in [0.25, 0.3) is 0 Å². The predicted octanol–water partition coefficient (Wildman–Crippen LogP) is 5.61. The number of aromatic nitrogens is 2. The van der Waals surface area contributed by atoms with E-state index in [1.165, 1.54) is 0 Å². The molecule has 0 atom stereocenters. The number of fused-ring (bicyclic) bond motifs is 1. The Morgan fingerprint density at radius 3 is 2.36 bits per heavy atom. The van der Waals surface area contributed by atoms with E-state index >= 15 is 0 Å². The third kappa shape index (κ3) is 5.24. The van der Waals surface area contributed by atoms with Crippen molar-refractivity contribution in [3.05, 3.63) is 18.2 Å². The van der Waals surface area contributed by atoms with E-state index in [0.29, 0.717) is 6.10 Å². The van der Waals surface area contributed by atoms with E-state index < -0.39 is 0 Å². The minimum Gasteiger partial charge on any atom is -0.490 e. The van der Waals surface area contributed by atoms with Gasteiger partial charge in [0, 0.05) is 18.5 Å². The van der Waals surface area contributed by atoms with Crippen LogP contribution in [0, 0.1) is 0 Å². The van der Waals surface area contributed by atoms with E-state index in [2.05, 4.69) is 35.4 Å². The molecule has 0 saturated heterocycles. The molecule has 0 saturated carbocycles. The first kappa shape index (κ1) is 20.3. The Morgan fingerprint density at radius 2 is 1.82 bits per heavy atom. The maximum atomic E-state index is 6.08. The number of nitrogens with zero attached hydrogens (tertiary/aromatic N) is 1. The molecule has 0 aliphatic carbocycles. The zero-order valence-electron chi connectivity index (χ0n) is 14.0. The summed E-state index contributed by atoms with van der Waals surface area (Å²) in [5.74, 6) is 1.80. The minimum absolute atomic E-state index is 0. The number of hydrogen-bond donors (Lipinski definition) is 2. The molecular formula is C18H33N3O. The third-order valence-corrected chi connectivity index (χ3v) is 3.30. The molecule has 126 valence electrons. The fourth-order valence-electron chi connectivity index (χ4n) is 2.36. The monoisotopic (exact) mass is 307 g/mol. The summed E-state index contributed by atoms with van der Waals surface area (Å²) >= 11 is 0. The zero-order valence-corrected chi connectivity index (χ0v) is 14.0. The van der Waals surface area contributed by atoms with Crippen molar-refractivity contribution in [2.24, 2.45) is 0 Å². The van der Waals surface area contributed by atoms with Gasteiger partial charge in [-0.2, -0.15) is 5.10 Å². The highest BCUT2D eigenvalue weighted by atomic mass is 16.5. The van der Waals surface area contributed by atoms with Crippen LogP contribution in [0.5, 0.6) is 5.75 Å². The van der Waals surface area contributed by atoms with Gasteiger partial charge in [-0.3, -0.25) is 5.10 Å².